The Balaban J connectivity index is 1.51. The zero-order valence-electron chi connectivity index (χ0n) is 15.0. The molecule has 2 saturated heterocycles. The normalized spacial score (nSPS) is 24.1. The molecule has 132 valence electrons. The van der Waals surface area contributed by atoms with Crippen LogP contribution < -0.4 is 0 Å². The van der Waals surface area contributed by atoms with Gasteiger partial charge < -0.3 is 4.90 Å². The smallest absolute Gasteiger partial charge is 0.222 e. The van der Waals surface area contributed by atoms with Gasteiger partial charge in [0.2, 0.25) is 5.91 Å². The summed E-state index contributed by atoms with van der Waals surface area (Å²) in [5.74, 6) is 0.316. The van der Waals surface area contributed by atoms with Crippen LogP contribution in [0.2, 0.25) is 0 Å². The van der Waals surface area contributed by atoms with Crippen molar-refractivity contribution in [2.75, 3.05) is 26.2 Å². The number of aromatic nitrogens is 1. The molecule has 1 spiro atoms. The molecule has 1 atom stereocenters. The van der Waals surface area contributed by atoms with Gasteiger partial charge in [0.25, 0.3) is 0 Å². The highest BCUT2D eigenvalue weighted by atomic mass is 16.2. The SMILES string of the molecule is CCCCCN1CCCC12CCN(C(=O)CCc1cccnc1)C2. The summed E-state index contributed by atoms with van der Waals surface area (Å²) < 4.78 is 0. The van der Waals surface area contributed by atoms with E-state index in [1.807, 2.05) is 12.3 Å². The fourth-order valence-electron chi connectivity index (χ4n) is 4.38. The quantitative estimate of drug-likeness (QED) is 0.720. The molecule has 1 unspecified atom stereocenters. The van der Waals surface area contributed by atoms with Crippen molar-refractivity contribution in [2.24, 2.45) is 0 Å². The summed E-state index contributed by atoms with van der Waals surface area (Å²) in [6.07, 6.45) is 12.7. The molecule has 4 heteroatoms. The standard InChI is InChI=1S/C20H31N3O/c1-2-3-4-13-23-14-6-10-20(23)11-15-22(17-20)19(24)9-8-18-7-5-12-21-16-18/h5,7,12,16H,2-4,6,8-11,13-15,17H2,1H3. The van der Waals surface area contributed by atoms with Crippen molar-refractivity contribution in [3.63, 3.8) is 0 Å². The Hall–Kier alpha value is -1.42. The van der Waals surface area contributed by atoms with E-state index in [-0.39, 0.29) is 5.54 Å². The number of carbonyl (C=O) groups is 1. The van der Waals surface area contributed by atoms with Gasteiger partial charge in [-0.25, -0.2) is 0 Å². The van der Waals surface area contributed by atoms with Gasteiger partial charge in [0.1, 0.15) is 0 Å². The first kappa shape index (κ1) is 17.4. The fraction of sp³-hybridized carbons (Fsp3) is 0.700. The van der Waals surface area contributed by atoms with E-state index in [1.54, 1.807) is 6.20 Å². The molecule has 0 aromatic carbocycles. The first-order valence-corrected chi connectivity index (χ1v) is 9.65. The van der Waals surface area contributed by atoms with Crippen LogP contribution in [0.15, 0.2) is 24.5 Å². The number of hydrogen-bond donors (Lipinski definition) is 0. The van der Waals surface area contributed by atoms with E-state index < -0.39 is 0 Å². The number of rotatable bonds is 7. The average molecular weight is 329 g/mol. The van der Waals surface area contributed by atoms with Gasteiger partial charge in [-0.3, -0.25) is 14.7 Å². The molecule has 0 aliphatic carbocycles. The van der Waals surface area contributed by atoms with Crippen LogP contribution in [0.25, 0.3) is 0 Å². The van der Waals surface area contributed by atoms with Gasteiger partial charge >= 0.3 is 0 Å². The highest BCUT2D eigenvalue weighted by molar-refractivity contribution is 5.77. The summed E-state index contributed by atoms with van der Waals surface area (Å²) in [5.41, 5.74) is 1.44. The van der Waals surface area contributed by atoms with Gasteiger partial charge in [0.15, 0.2) is 0 Å². The van der Waals surface area contributed by atoms with Crippen LogP contribution in [0.5, 0.6) is 0 Å². The topological polar surface area (TPSA) is 36.4 Å². The lowest BCUT2D eigenvalue weighted by molar-refractivity contribution is -0.130. The molecule has 0 N–H and O–H groups in total. The minimum Gasteiger partial charge on any atom is -0.341 e. The Morgan fingerprint density at radius 3 is 3.00 bits per heavy atom. The molecule has 2 fully saturated rings. The van der Waals surface area contributed by atoms with Crippen molar-refractivity contribution in [3.8, 4) is 0 Å². The van der Waals surface area contributed by atoms with E-state index in [2.05, 4.69) is 27.8 Å². The van der Waals surface area contributed by atoms with Crippen molar-refractivity contribution in [3.05, 3.63) is 30.1 Å². The van der Waals surface area contributed by atoms with Crippen molar-refractivity contribution < 1.29 is 4.79 Å². The Labute approximate surface area is 146 Å². The fourth-order valence-corrected chi connectivity index (χ4v) is 4.38. The third-order valence-electron chi connectivity index (χ3n) is 5.81. The molecule has 3 heterocycles. The van der Waals surface area contributed by atoms with Crippen LogP contribution in [-0.2, 0) is 11.2 Å². The van der Waals surface area contributed by atoms with Crippen LogP contribution in [0.1, 0.15) is 57.4 Å². The molecule has 0 radical (unpaired) electrons. The molecule has 1 amide bonds. The van der Waals surface area contributed by atoms with Gasteiger partial charge in [0, 0.05) is 37.4 Å². The monoisotopic (exact) mass is 329 g/mol. The predicted octanol–water partition coefficient (Wildman–Crippen LogP) is 3.27. The highest BCUT2D eigenvalue weighted by Crippen LogP contribution is 2.38. The van der Waals surface area contributed by atoms with Gasteiger partial charge in [-0.15, -0.1) is 0 Å². The molecule has 2 aliphatic heterocycles. The summed E-state index contributed by atoms with van der Waals surface area (Å²) >= 11 is 0. The van der Waals surface area contributed by atoms with Crippen LogP contribution in [-0.4, -0.2) is 52.4 Å². The lowest BCUT2D eigenvalue weighted by Crippen LogP contribution is -2.47. The number of likely N-dealkylation sites (tertiary alicyclic amines) is 2. The molecule has 3 rings (SSSR count). The van der Waals surface area contributed by atoms with Crippen molar-refractivity contribution in [1.29, 1.82) is 0 Å². The molecule has 1 aromatic heterocycles. The average Bonchev–Trinajstić information content (AvgIpc) is 3.22. The Kier molecular flexibility index (Phi) is 5.88. The maximum Gasteiger partial charge on any atom is 0.222 e. The number of nitrogens with zero attached hydrogens (tertiary/aromatic N) is 3. The van der Waals surface area contributed by atoms with Gasteiger partial charge in [-0.05, 0) is 56.8 Å². The van der Waals surface area contributed by atoms with E-state index >= 15 is 0 Å². The molecule has 2 aliphatic rings. The molecule has 24 heavy (non-hydrogen) atoms. The van der Waals surface area contributed by atoms with E-state index in [9.17, 15) is 4.79 Å². The largest absolute Gasteiger partial charge is 0.341 e. The summed E-state index contributed by atoms with van der Waals surface area (Å²) in [4.78, 5) is 21.6. The molecule has 1 aromatic rings. The molecule has 0 bridgehead atoms. The number of amides is 1. The number of pyridine rings is 1. The first-order valence-electron chi connectivity index (χ1n) is 9.65. The van der Waals surface area contributed by atoms with E-state index in [0.29, 0.717) is 12.3 Å². The van der Waals surface area contributed by atoms with Crippen molar-refractivity contribution in [2.45, 2.75) is 63.8 Å². The van der Waals surface area contributed by atoms with Crippen LogP contribution in [0.3, 0.4) is 0 Å². The van der Waals surface area contributed by atoms with E-state index in [1.165, 1.54) is 45.2 Å². The van der Waals surface area contributed by atoms with Crippen LogP contribution in [0, 0.1) is 0 Å². The maximum absolute atomic E-state index is 12.6. The van der Waals surface area contributed by atoms with Crippen LogP contribution in [0.4, 0.5) is 0 Å². The zero-order chi connectivity index (χ0) is 16.8. The van der Waals surface area contributed by atoms with Crippen LogP contribution >= 0.6 is 0 Å². The van der Waals surface area contributed by atoms with Gasteiger partial charge in [0.05, 0.1) is 0 Å². The Morgan fingerprint density at radius 1 is 1.29 bits per heavy atom. The number of unbranched alkanes of at least 4 members (excludes halogenated alkanes) is 2. The summed E-state index contributed by atoms with van der Waals surface area (Å²) in [6.45, 7) is 6.59. The minimum atomic E-state index is 0.289. The third kappa shape index (κ3) is 3.97. The summed E-state index contributed by atoms with van der Waals surface area (Å²) in [5, 5.41) is 0. The molecule has 4 nitrogen and oxygen atoms in total. The second-order valence-electron chi connectivity index (χ2n) is 7.45. The second-order valence-corrected chi connectivity index (χ2v) is 7.45. The van der Waals surface area contributed by atoms with E-state index in [4.69, 9.17) is 0 Å². The predicted molar refractivity (Wildman–Crippen MR) is 96.8 cm³/mol. The number of hydrogen-bond acceptors (Lipinski definition) is 3. The molecular weight excluding hydrogens is 298 g/mol. The van der Waals surface area contributed by atoms with Crippen molar-refractivity contribution >= 4 is 5.91 Å². The number of aryl methyl sites for hydroxylation is 1. The maximum atomic E-state index is 12.6. The van der Waals surface area contributed by atoms with E-state index in [0.717, 1.165) is 31.5 Å². The Morgan fingerprint density at radius 2 is 2.21 bits per heavy atom. The highest BCUT2D eigenvalue weighted by Gasteiger charge is 2.46. The third-order valence-corrected chi connectivity index (χ3v) is 5.81. The van der Waals surface area contributed by atoms with Gasteiger partial charge in [-0.1, -0.05) is 25.8 Å². The molecular formula is C20H31N3O. The lowest BCUT2D eigenvalue weighted by atomic mass is 9.95. The van der Waals surface area contributed by atoms with Crippen molar-refractivity contribution in [1.82, 2.24) is 14.8 Å². The number of carbonyl (C=O) groups excluding carboxylic acids is 1. The zero-order valence-corrected chi connectivity index (χ0v) is 15.0. The Bertz CT molecular complexity index is 533. The second kappa shape index (κ2) is 8.11. The lowest BCUT2D eigenvalue weighted by Gasteiger charge is -2.35. The minimum absolute atomic E-state index is 0.289. The first-order chi connectivity index (χ1) is 11.7. The molecule has 0 saturated carbocycles. The summed E-state index contributed by atoms with van der Waals surface area (Å²) in [7, 11) is 0. The van der Waals surface area contributed by atoms with Gasteiger partial charge in [-0.2, -0.15) is 0 Å². The summed E-state index contributed by atoms with van der Waals surface area (Å²) in [6, 6.07) is 4.00.